The van der Waals surface area contributed by atoms with Crippen molar-refractivity contribution in [3.63, 3.8) is 0 Å². The van der Waals surface area contributed by atoms with Crippen LogP contribution < -0.4 is 0 Å². The Labute approximate surface area is 59.3 Å². The van der Waals surface area contributed by atoms with Gasteiger partial charge in [0.2, 0.25) is 0 Å². The van der Waals surface area contributed by atoms with E-state index in [2.05, 4.69) is 6.58 Å². The summed E-state index contributed by atoms with van der Waals surface area (Å²) >= 11 is 9.69. The van der Waals surface area contributed by atoms with Gasteiger partial charge in [0.25, 0.3) is 0 Å². The summed E-state index contributed by atoms with van der Waals surface area (Å²) < 4.78 is 0.111. The van der Waals surface area contributed by atoms with E-state index in [1.54, 1.807) is 0 Å². The first kappa shape index (κ1) is 10.9. The van der Waals surface area contributed by atoms with Crippen LogP contribution in [0, 0.1) is 0 Å². The minimum atomic E-state index is 0.111. The molecule has 0 radical (unpaired) electrons. The molecule has 0 amide bonds. The van der Waals surface area contributed by atoms with E-state index in [1.165, 1.54) is 13.8 Å². The molecule has 0 bridgehead atoms. The summed E-state index contributed by atoms with van der Waals surface area (Å²) in [5.74, 6) is 0.167. The summed E-state index contributed by atoms with van der Waals surface area (Å²) in [7, 11) is 0. The molecule has 0 aliphatic carbocycles. The topological polar surface area (TPSA) is 17.1 Å². The standard InChI is InChI=1S/C3H6O.C2H2Cl2/c1-3(2)4;1-2(3)4/h1-2H3;1H2. The van der Waals surface area contributed by atoms with E-state index in [9.17, 15) is 4.79 Å². The lowest BCUT2D eigenvalue weighted by atomic mass is 10.6. The molecule has 0 atom stereocenters. The zero-order chi connectivity index (χ0) is 7.15. The maximum Gasteiger partial charge on any atom is 0.126 e. The zero-order valence-electron chi connectivity index (χ0n) is 4.87. The number of halogens is 2. The summed E-state index contributed by atoms with van der Waals surface area (Å²) in [5.41, 5.74) is 0. The Hall–Kier alpha value is -0.0100. The van der Waals surface area contributed by atoms with E-state index >= 15 is 0 Å². The lowest BCUT2D eigenvalue weighted by Crippen LogP contribution is -1.69. The number of hydrogen-bond donors (Lipinski definition) is 0. The predicted octanol–water partition coefficient (Wildman–Crippen LogP) is 2.53. The van der Waals surface area contributed by atoms with Crippen LogP contribution >= 0.6 is 23.2 Å². The number of hydrogen-bond acceptors (Lipinski definition) is 1. The van der Waals surface area contributed by atoms with Crippen LogP contribution in [-0.4, -0.2) is 5.78 Å². The molecule has 0 fully saturated rings. The maximum atomic E-state index is 9.44. The first-order valence-electron chi connectivity index (χ1n) is 1.94. The molecule has 0 unspecified atom stereocenters. The highest BCUT2D eigenvalue weighted by molar-refractivity contribution is 6.55. The van der Waals surface area contributed by atoms with Crippen molar-refractivity contribution in [1.29, 1.82) is 0 Å². The molecule has 3 heteroatoms. The number of rotatable bonds is 0. The average Bonchev–Trinajstić information content (AvgIpc) is 1.25. The van der Waals surface area contributed by atoms with Gasteiger partial charge in [-0.15, -0.1) is 0 Å². The van der Waals surface area contributed by atoms with E-state index in [1.807, 2.05) is 0 Å². The van der Waals surface area contributed by atoms with Gasteiger partial charge < -0.3 is 4.79 Å². The fraction of sp³-hybridized carbons (Fsp3) is 0.400. The Morgan fingerprint density at radius 3 is 1.38 bits per heavy atom. The van der Waals surface area contributed by atoms with Crippen molar-refractivity contribution in [2.24, 2.45) is 0 Å². The number of ketones is 1. The highest BCUT2D eigenvalue weighted by atomic mass is 35.5. The minimum Gasteiger partial charge on any atom is -0.300 e. The van der Waals surface area contributed by atoms with Gasteiger partial charge >= 0.3 is 0 Å². The van der Waals surface area contributed by atoms with E-state index in [4.69, 9.17) is 23.2 Å². The van der Waals surface area contributed by atoms with Gasteiger partial charge in [0.15, 0.2) is 0 Å². The quantitative estimate of drug-likeness (QED) is 0.525. The van der Waals surface area contributed by atoms with E-state index in [0.29, 0.717) is 0 Å². The highest BCUT2D eigenvalue weighted by Crippen LogP contribution is 1.98. The molecule has 0 N–H and O–H groups in total. The molecule has 0 heterocycles. The molecule has 0 aromatic heterocycles. The molecule has 0 saturated carbocycles. The first-order chi connectivity index (χ1) is 3.46. The van der Waals surface area contributed by atoms with Gasteiger partial charge in [0.1, 0.15) is 5.78 Å². The van der Waals surface area contributed by atoms with Crippen molar-refractivity contribution in [2.45, 2.75) is 13.8 Å². The predicted molar refractivity (Wildman–Crippen MR) is 37.2 cm³/mol. The van der Waals surface area contributed by atoms with E-state index in [-0.39, 0.29) is 10.3 Å². The van der Waals surface area contributed by atoms with Gasteiger partial charge in [0, 0.05) is 0 Å². The number of carbonyl (C=O) groups excluding carboxylic acids is 1. The van der Waals surface area contributed by atoms with Crippen LogP contribution in [0.3, 0.4) is 0 Å². The largest absolute Gasteiger partial charge is 0.300 e. The second-order valence-corrected chi connectivity index (χ2v) is 2.35. The third-order valence-electron chi connectivity index (χ3n) is 0. The van der Waals surface area contributed by atoms with Crippen LogP contribution in [0.25, 0.3) is 0 Å². The van der Waals surface area contributed by atoms with Crippen molar-refractivity contribution in [3.05, 3.63) is 11.1 Å². The summed E-state index contributed by atoms with van der Waals surface area (Å²) in [6.07, 6.45) is 0. The average molecular weight is 155 g/mol. The molecule has 0 rings (SSSR count). The van der Waals surface area contributed by atoms with Crippen LogP contribution in [-0.2, 0) is 4.79 Å². The summed E-state index contributed by atoms with van der Waals surface area (Å²) in [6.45, 7) is 6.14. The van der Waals surface area contributed by atoms with Gasteiger partial charge in [-0.1, -0.05) is 29.8 Å². The molecule has 8 heavy (non-hydrogen) atoms. The molecule has 0 spiro atoms. The molecule has 0 aliphatic rings. The first-order valence-corrected chi connectivity index (χ1v) is 2.69. The fourth-order valence-electron chi connectivity index (χ4n) is 0. The van der Waals surface area contributed by atoms with Crippen LogP contribution in [0.15, 0.2) is 11.1 Å². The van der Waals surface area contributed by atoms with Crippen molar-refractivity contribution in [2.75, 3.05) is 0 Å². The SMILES string of the molecule is C=C(Cl)Cl.CC(C)=O. The highest BCUT2D eigenvalue weighted by Gasteiger charge is 1.62. The Bertz CT molecular complexity index is 68.4. The van der Waals surface area contributed by atoms with Crippen molar-refractivity contribution in [3.8, 4) is 0 Å². The van der Waals surface area contributed by atoms with Crippen LogP contribution in [0.5, 0.6) is 0 Å². The normalized spacial score (nSPS) is 6.50. The van der Waals surface area contributed by atoms with Gasteiger partial charge in [-0.2, -0.15) is 0 Å². The number of carbonyl (C=O) groups is 1. The Morgan fingerprint density at radius 1 is 1.38 bits per heavy atom. The summed E-state index contributed by atoms with van der Waals surface area (Å²) in [6, 6.07) is 0. The smallest absolute Gasteiger partial charge is 0.126 e. The lowest BCUT2D eigenvalue weighted by molar-refractivity contribution is -0.114. The molecule has 48 valence electrons. The van der Waals surface area contributed by atoms with Crippen LogP contribution in [0.4, 0.5) is 0 Å². The van der Waals surface area contributed by atoms with Gasteiger partial charge in [-0.05, 0) is 13.8 Å². The maximum absolute atomic E-state index is 9.44. The van der Waals surface area contributed by atoms with E-state index in [0.717, 1.165) is 0 Å². The molecular formula is C5H8Cl2O. The molecule has 0 aromatic carbocycles. The summed E-state index contributed by atoms with van der Waals surface area (Å²) in [4.78, 5) is 9.44. The monoisotopic (exact) mass is 154 g/mol. The van der Waals surface area contributed by atoms with Gasteiger partial charge in [0.05, 0.1) is 4.49 Å². The van der Waals surface area contributed by atoms with Crippen LogP contribution in [0.1, 0.15) is 13.8 Å². The third kappa shape index (κ3) is 1490000. The van der Waals surface area contributed by atoms with Crippen molar-refractivity contribution in [1.82, 2.24) is 0 Å². The second kappa shape index (κ2) is 6.99. The van der Waals surface area contributed by atoms with Crippen molar-refractivity contribution >= 4 is 29.0 Å². The minimum absolute atomic E-state index is 0.111. The Kier molecular flexibility index (Phi) is 9.51. The molecule has 0 saturated heterocycles. The molecule has 1 nitrogen and oxygen atoms in total. The molecular weight excluding hydrogens is 147 g/mol. The second-order valence-electron chi connectivity index (χ2n) is 1.25. The van der Waals surface area contributed by atoms with Crippen molar-refractivity contribution < 1.29 is 4.79 Å². The van der Waals surface area contributed by atoms with Crippen LogP contribution in [0.2, 0.25) is 0 Å². The van der Waals surface area contributed by atoms with Gasteiger partial charge in [-0.3, -0.25) is 0 Å². The number of Topliss-reactive ketones (excluding diaryl/α,β-unsaturated/α-hetero) is 1. The fourth-order valence-corrected chi connectivity index (χ4v) is 0. The Morgan fingerprint density at radius 2 is 1.38 bits per heavy atom. The Balaban J connectivity index is 0. The van der Waals surface area contributed by atoms with E-state index < -0.39 is 0 Å². The summed E-state index contributed by atoms with van der Waals surface area (Å²) in [5, 5.41) is 0. The van der Waals surface area contributed by atoms with Gasteiger partial charge in [-0.25, -0.2) is 0 Å². The lowest BCUT2D eigenvalue weighted by Gasteiger charge is -1.57. The third-order valence-corrected chi connectivity index (χ3v) is 0. The zero-order valence-corrected chi connectivity index (χ0v) is 6.38. The molecule has 0 aliphatic heterocycles. The molecule has 0 aromatic rings.